The van der Waals surface area contributed by atoms with Crippen molar-refractivity contribution in [3.8, 4) is 0 Å². The van der Waals surface area contributed by atoms with E-state index in [1.54, 1.807) is 0 Å². The molecule has 0 bridgehead atoms. The van der Waals surface area contributed by atoms with E-state index in [1.165, 1.54) is 5.56 Å². The van der Waals surface area contributed by atoms with E-state index in [0.717, 1.165) is 5.56 Å². The van der Waals surface area contributed by atoms with Crippen LogP contribution < -0.4 is 5.73 Å². The number of hydrogen-bond acceptors (Lipinski definition) is 2. The van der Waals surface area contributed by atoms with Gasteiger partial charge in [0.05, 0.1) is 12.5 Å². The Bertz CT molecular complexity index is 605. The van der Waals surface area contributed by atoms with Gasteiger partial charge in [0.25, 0.3) is 0 Å². The van der Waals surface area contributed by atoms with Crippen molar-refractivity contribution in [2.75, 3.05) is 12.8 Å². The van der Waals surface area contributed by atoms with Crippen molar-refractivity contribution in [2.24, 2.45) is 5.92 Å². The van der Waals surface area contributed by atoms with Gasteiger partial charge in [-0.2, -0.15) is 0 Å². The summed E-state index contributed by atoms with van der Waals surface area (Å²) in [6, 6.07) is 17.8. The molecule has 1 amide bonds. The largest absolute Gasteiger partial charge is 0.399 e. The Labute approximate surface area is 132 Å². The zero-order valence-corrected chi connectivity index (χ0v) is 13.5. The normalized spacial score (nSPS) is 12.2. The summed E-state index contributed by atoms with van der Waals surface area (Å²) in [4.78, 5) is 14.5. The van der Waals surface area contributed by atoms with Crippen LogP contribution in [0.4, 0.5) is 5.69 Å². The van der Waals surface area contributed by atoms with Gasteiger partial charge >= 0.3 is 0 Å². The molecule has 2 N–H and O–H groups in total. The summed E-state index contributed by atoms with van der Waals surface area (Å²) in [7, 11) is 1.89. The van der Waals surface area contributed by atoms with Gasteiger partial charge in [-0.25, -0.2) is 0 Å². The van der Waals surface area contributed by atoms with E-state index in [4.69, 9.17) is 5.73 Å². The topological polar surface area (TPSA) is 46.3 Å². The summed E-state index contributed by atoms with van der Waals surface area (Å²) in [6.07, 6.45) is 0.396. The molecule has 0 spiro atoms. The molecule has 0 heterocycles. The minimum absolute atomic E-state index is 0.0856. The highest BCUT2D eigenvalue weighted by Crippen LogP contribution is 2.27. The first-order valence-corrected chi connectivity index (χ1v) is 7.64. The number of carbonyl (C=O) groups is 1. The van der Waals surface area contributed by atoms with Crippen molar-refractivity contribution in [1.82, 2.24) is 4.90 Å². The number of rotatable bonds is 5. The molecule has 0 saturated carbocycles. The number of benzene rings is 2. The molecular weight excluding hydrogens is 272 g/mol. The molecule has 0 aliphatic carbocycles. The second-order valence-corrected chi connectivity index (χ2v) is 6.02. The highest BCUT2D eigenvalue weighted by atomic mass is 16.2. The average molecular weight is 296 g/mol. The van der Waals surface area contributed by atoms with Crippen molar-refractivity contribution in [1.29, 1.82) is 0 Å². The van der Waals surface area contributed by atoms with Crippen molar-refractivity contribution < 1.29 is 4.79 Å². The van der Waals surface area contributed by atoms with Crippen LogP contribution in [-0.2, 0) is 11.2 Å². The molecule has 0 aliphatic heterocycles. The quantitative estimate of drug-likeness (QED) is 0.856. The monoisotopic (exact) mass is 296 g/mol. The summed E-state index contributed by atoms with van der Waals surface area (Å²) >= 11 is 0. The standard InChI is InChI=1S/C19H24N2O/c1-14(2)19(16-7-5-4-6-8-16)21(3)18(22)13-15-9-11-17(20)12-10-15/h4-12,14,19H,13,20H2,1-3H3/t19-/m0/s1. The van der Waals surface area contributed by atoms with Crippen LogP contribution in [0.1, 0.15) is 31.0 Å². The molecule has 116 valence electrons. The predicted molar refractivity (Wildman–Crippen MR) is 91.3 cm³/mol. The summed E-state index contributed by atoms with van der Waals surface area (Å²) in [5.74, 6) is 0.468. The Hall–Kier alpha value is -2.29. The number of nitrogen functional groups attached to an aromatic ring is 1. The number of carbonyl (C=O) groups excluding carboxylic acids is 1. The molecule has 0 saturated heterocycles. The zero-order chi connectivity index (χ0) is 16.1. The van der Waals surface area contributed by atoms with Gasteiger partial charge in [0, 0.05) is 12.7 Å². The number of hydrogen-bond donors (Lipinski definition) is 1. The lowest BCUT2D eigenvalue weighted by atomic mass is 9.94. The van der Waals surface area contributed by atoms with Crippen molar-refractivity contribution >= 4 is 11.6 Å². The van der Waals surface area contributed by atoms with E-state index in [1.807, 2.05) is 54.4 Å². The van der Waals surface area contributed by atoms with Crippen LogP contribution in [0.15, 0.2) is 54.6 Å². The molecule has 3 nitrogen and oxygen atoms in total. The lowest BCUT2D eigenvalue weighted by molar-refractivity contribution is -0.132. The Kier molecular flexibility index (Phi) is 5.21. The minimum atomic E-state index is 0.0856. The molecule has 0 aliphatic rings. The fraction of sp³-hybridized carbons (Fsp3) is 0.316. The van der Waals surface area contributed by atoms with Crippen molar-refractivity contribution in [2.45, 2.75) is 26.3 Å². The van der Waals surface area contributed by atoms with Gasteiger partial charge in [-0.15, -0.1) is 0 Å². The lowest BCUT2D eigenvalue weighted by Crippen LogP contribution is -2.35. The first-order valence-electron chi connectivity index (χ1n) is 7.64. The van der Waals surface area contributed by atoms with Gasteiger partial charge in [-0.05, 0) is 29.2 Å². The maximum atomic E-state index is 12.6. The van der Waals surface area contributed by atoms with Gasteiger partial charge < -0.3 is 10.6 Å². The molecular formula is C19H24N2O. The highest BCUT2D eigenvalue weighted by molar-refractivity contribution is 5.79. The number of nitrogens with zero attached hydrogens (tertiary/aromatic N) is 1. The molecule has 3 heteroatoms. The molecule has 22 heavy (non-hydrogen) atoms. The number of anilines is 1. The van der Waals surface area contributed by atoms with Crippen LogP contribution >= 0.6 is 0 Å². The third-order valence-corrected chi connectivity index (χ3v) is 3.92. The van der Waals surface area contributed by atoms with Gasteiger partial charge in [0.1, 0.15) is 0 Å². The molecule has 1 atom stereocenters. The second kappa shape index (κ2) is 7.12. The Morgan fingerprint density at radius 2 is 1.64 bits per heavy atom. The van der Waals surface area contributed by atoms with E-state index < -0.39 is 0 Å². The van der Waals surface area contributed by atoms with E-state index >= 15 is 0 Å². The van der Waals surface area contributed by atoms with Crippen LogP contribution in [0, 0.1) is 5.92 Å². The highest BCUT2D eigenvalue weighted by Gasteiger charge is 2.24. The number of nitrogens with two attached hydrogens (primary N) is 1. The molecule has 0 aromatic heterocycles. The van der Waals surface area contributed by atoms with Crippen LogP contribution in [0.5, 0.6) is 0 Å². The summed E-state index contributed by atoms with van der Waals surface area (Å²) in [6.45, 7) is 4.29. The Morgan fingerprint density at radius 1 is 1.05 bits per heavy atom. The third-order valence-electron chi connectivity index (χ3n) is 3.92. The summed E-state index contributed by atoms with van der Waals surface area (Å²) in [5, 5.41) is 0. The molecule has 0 unspecified atom stereocenters. The van der Waals surface area contributed by atoms with Crippen LogP contribution in [0.3, 0.4) is 0 Å². The first kappa shape index (κ1) is 16.1. The predicted octanol–water partition coefficient (Wildman–Crippen LogP) is 3.67. The number of likely N-dealkylation sites (N-methyl/N-ethyl adjacent to an activating group) is 1. The fourth-order valence-corrected chi connectivity index (χ4v) is 2.80. The van der Waals surface area contributed by atoms with E-state index in [-0.39, 0.29) is 11.9 Å². The van der Waals surface area contributed by atoms with Gasteiger partial charge in [0.15, 0.2) is 0 Å². The number of amides is 1. The zero-order valence-electron chi connectivity index (χ0n) is 13.5. The average Bonchev–Trinajstić information content (AvgIpc) is 2.50. The molecule has 2 aromatic rings. The molecule has 0 fully saturated rings. The van der Waals surface area contributed by atoms with Crippen LogP contribution in [0.2, 0.25) is 0 Å². The third kappa shape index (κ3) is 3.88. The van der Waals surface area contributed by atoms with E-state index in [0.29, 0.717) is 18.0 Å². The van der Waals surface area contributed by atoms with Gasteiger partial charge in [-0.1, -0.05) is 56.3 Å². The Balaban J connectivity index is 2.14. The lowest BCUT2D eigenvalue weighted by Gasteiger charge is -2.32. The van der Waals surface area contributed by atoms with Crippen LogP contribution in [0.25, 0.3) is 0 Å². The van der Waals surface area contributed by atoms with Gasteiger partial charge in [-0.3, -0.25) is 4.79 Å². The van der Waals surface area contributed by atoms with Gasteiger partial charge in [0.2, 0.25) is 5.91 Å². The summed E-state index contributed by atoms with van der Waals surface area (Å²) < 4.78 is 0. The fourth-order valence-electron chi connectivity index (χ4n) is 2.80. The van der Waals surface area contributed by atoms with Crippen LogP contribution in [-0.4, -0.2) is 17.9 Å². The van der Waals surface area contributed by atoms with E-state index in [9.17, 15) is 4.79 Å². The smallest absolute Gasteiger partial charge is 0.227 e. The van der Waals surface area contributed by atoms with E-state index in [2.05, 4.69) is 26.0 Å². The maximum Gasteiger partial charge on any atom is 0.227 e. The molecule has 0 radical (unpaired) electrons. The van der Waals surface area contributed by atoms with Crippen molar-refractivity contribution in [3.05, 3.63) is 65.7 Å². The first-order chi connectivity index (χ1) is 10.5. The van der Waals surface area contributed by atoms with Crippen molar-refractivity contribution in [3.63, 3.8) is 0 Å². The molecule has 2 aromatic carbocycles. The minimum Gasteiger partial charge on any atom is -0.399 e. The Morgan fingerprint density at radius 3 is 2.18 bits per heavy atom. The SMILES string of the molecule is CC(C)[C@@H](c1ccccc1)N(C)C(=O)Cc1ccc(N)cc1. The molecule has 2 rings (SSSR count). The second-order valence-electron chi connectivity index (χ2n) is 6.02. The summed E-state index contributed by atoms with van der Waals surface area (Å²) in [5.41, 5.74) is 8.56. The maximum absolute atomic E-state index is 12.6.